The van der Waals surface area contributed by atoms with Crippen LogP contribution in [0.3, 0.4) is 0 Å². The number of amides is 2. The smallest absolute Gasteiger partial charge is 0.315 e. The number of hydrogen-bond acceptors (Lipinski definition) is 3. The summed E-state index contributed by atoms with van der Waals surface area (Å²) >= 11 is 0. The predicted molar refractivity (Wildman–Crippen MR) is 84.2 cm³/mol. The van der Waals surface area contributed by atoms with Crippen molar-refractivity contribution in [3.63, 3.8) is 0 Å². The van der Waals surface area contributed by atoms with Gasteiger partial charge in [-0.2, -0.15) is 0 Å². The van der Waals surface area contributed by atoms with Crippen LogP contribution >= 0.6 is 0 Å². The van der Waals surface area contributed by atoms with Gasteiger partial charge in [0.2, 0.25) is 0 Å². The molecule has 0 aromatic rings. The second-order valence-electron chi connectivity index (χ2n) is 8.07. The Morgan fingerprint density at radius 2 is 2.00 bits per heavy atom. The molecule has 2 amide bonds. The van der Waals surface area contributed by atoms with Gasteiger partial charge in [-0.05, 0) is 38.3 Å². The molecule has 0 radical (unpaired) electrons. The molecule has 2 fully saturated rings. The molecule has 1 aliphatic heterocycles. The molecule has 2 rings (SSSR count). The molecule has 0 bridgehead atoms. The highest BCUT2D eigenvalue weighted by Gasteiger charge is 2.48. The van der Waals surface area contributed by atoms with Crippen LogP contribution in [0.2, 0.25) is 0 Å². The van der Waals surface area contributed by atoms with Crippen LogP contribution < -0.4 is 10.6 Å². The van der Waals surface area contributed by atoms with E-state index >= 15 is 0 Å². The lowest BCUT2D eigenvalue weighted by atomic mass is 9.65. The van der Waals surface area contributed by atoms with Crippen LogP contribution in [0.4, 0.5) is 4.79 Å². The van der Waals surface area contributed by atoms with E-state index in [-0.39, 0.29) is 29.0 Å². The lowest BCUT2D eigenvalue weighted by molar-refractivity contribution is -0.0679. The molecule has 122 valence electrons. The third kappa shape index (κ3) is 3.34. The van der Waals surface area contributed by atoms with Crippen molar-refractivity contribution in [1.29, 1.82) is 0 Å². The van der Waals surface area contributed by atoms with Crippen LogP contribution in [0.25, 0.3) is 0 Å². The Morgan fingerprint density at radius 1 is 1.33 bits per heavy atom. The topological polar surface area (TPSA) is 64.6 Å². The lowest BCUT2D eigenvalue weighted by Gasteiger charge is -2.49. The van der Waals surface area contributed by atoms with E-state index in [4.69, 9.17) is 0 Å². The summed E-state index contributed by atoms with van der Waals surface area (Å²) in [6.45, 7) is 10.3. The first kappa shape index (κ1) is 16.6. The van der Waals surface area contributed by atoms with E-state index in [0.29, 0.717) is 19.0 Å². The zero-order valence-corrected chi connectivity index (χ0v) is 14.1. The van der Waals surface area contributed by atoms with Gasteiger partial charge >= 0.3 is 6.03 Å². The van der Waals surface area contributed by atoms with Crippen molar-refractivity contribution < 1.29 is 9.90 Å². The Balaban J connectivity index is 1.81. The van der Waals surface area contributed by atoms with E-state index in [1.54, 1.807) is 0 Å². The Bertz CT molecular complexity index is 395. The summed E-state index contributed by atoms with van der Waals surface area (Å²) in [7, 11) is 2.14. The van der Waals surface area contributed by atoms with Gasteiger partial charge in [0, 0.05) is 24.0 Å². The maximum absolute atomic E-state index is 12.1. The molecule has 3 atom stereocenters. The number of piperidine rings is 1. The van der Waals surface area contributed by atoms with Crippen LogP contribution in [0.1, 0.15) is 47.0 Å². The van der Waals surface area contributed by atoms with E-state index in [0.717, 1.165) is 6.54 Å². The fourth-order valence-electron chi connectivity index (χ4n) is 3.68. The van der Waals surface area contributed by atoms with Crippen molar-refractivity contribution in [2.75, 3.05) is 20.1 Å². The minimum Gasteiger partial charge on any atom is -0.392 e. The van der Waals surface area contributed by atoms with E-state index < -0.39 is 0 Å². The molecule has 1 saturated heterocycles. The zero-order valence-electron chi connectivity index (χ0n) is 14.1. The fourth-order valence-corrected chi connectivity index (χ4v) is 3.68. The molecule has 0 aromatic heterocycles. The molecule has 0 spiro atoms. The summed E-state index contributed by atoms with van der Waals surface area (Å²) < 4.78 is 0. The molecule has 5 nitrogen and oxygen atoms in total. The second-order valence-corrected chi connectivity index (χ2v) is 8.07. The van der Waals surface area contributed by atoms with Crippen LogP contribution in [0.15, 0.2) is 0 Å². The quantitative estimate of drug-likeness (QED) is 0.741. The number of rotatable bonds is 3. The lowest BCUT2D eigenvalue weighted by Crippen LogP contribution is -2.63. The number of likely N-dealkylation sites (N-methyl/N-ethyl adjacent to an activating group) is 1. The summed E-state index contributed by atoms with van der Waals surface area (Å²) in [5.74, 6) is 0. The van der Waals surface area contributed by atoms with Crippen molar-refractivity contribution in [3.8, 4) is 0 Å². The van der Waals surface area contributed by atoms with Gasteiger partial charge in [-0.3, -0.25) is 0 Å². The molecule has 0 aromatic carbocycles. The number of carbonyl (C=O) groups excluding carboxylic acids is 1. The van der Waals surface area contributed by atoms with E-state index in [9.17, 15) is 9.90 Å². The van der Waals surface area contributed by atoms with Gasteiger partial charge in [-0.15, -0.1) is 0 Å². The van der Waals surface area contributed by atoms with Gasteiger partial charge in [0.1, 0.15) is 0 Å². The minimum atomic E-state index is -0.314. The highest BCUT2D eigenvalue weighted by molar-refractivity contribution is 5.74. The Hall–Kier alpha value is -0.810. The molecular formula is C16H31N3O2. The average molecular weight is 297 g/mol. The van der Waals surface area contributed by atoms with Gasteiger partial charge in [0.15, 0.2) is 0 Å². The molecule has 3 unspecified atom stereocenters. The zero-order chi connectivity index (χ0) is 15.8. The van der Waals surface area contributed by atoms with Gasteiger partial charge in [-0.1, -0.05) is 27.7 Å². The highest BCUT2D eigenvalue weighted by atomic mass is 16.3. The highest BCUT2D eigenvalue weighted by Crippen LogP contribution is 2.40. The molecule has 3 N–H and O–H groups in total. The third-order valence-corrected chi connectivity index (χ3v) is 5.74. The maximum Gasteiger partial charge on any atom is 0.315 e. The molecule has 21 heavy (non-hydrogen) atoms. The van der Waals surface area contributed by atoms with Gasteiger partial charge in [0.25, 0.3) is 0 Å². The van der Waals surface area contributed by atoms with Gasteiger partial charge in [0.05, 0.1) is 6.10 Å². The second kappa shape index (κ2) is 5.76. The van der Waals surface area contributed by atoms with Crippen LogP contribution in [0.5, 0.6) is 0 Å². The van der Waals surface area contributed by atoms with E-state index in [2.05, 4.69) is 36.4 Å². The number of aliphatic hydroxyl groups is 1. The van der Waals surface area contributed by atoms with Crippen molar-refractivity contribution in [1.82, 2.24) is 15.5 Å². The fraction of sp³-hybridized carbons (Fsp3) is 0.938. The van der Waals surface area contributed by atoms with E-state index in [1.165, 1.54) is 12.8 Å². The van der Waals surface area contributed by atoms with Gasteiger partial charge in [-0.25, -0.2) is 4.79 Å². The summed E-state index contributed by atoms with van der Waals surface area (Å²) in [5.41, 5.74) is 0.00442. The molecule has 5 heteroatoms. The number of hydrogen-bond donors (Lipinski definition) is 3. The summed E-state index contributed by atoms with van der Waals surface area (Å²) in [6, 6.07) is 0.316. The monoisotopic (exact) mass is 297 g/mol. The molecule has 1 aliphatic carbocycles. The number of urea groups is 1. The van der Waals surface area contributed by atoms with Gasteiger partial charge < -0.3 is 20.6 Å². The summed E-state index contributed by atoms with van der Waals surface area (Å²) in [5, 5.41) is 15.7. The minimum absolute atomic E-state index is 0.0598. The normalized spacial score (nSPS) is 34.9. The largest absolute Gasteiger partial charge is 0.392 e. The van der Waals surface area contributed by atoms with Crippen LogP contribution in [-0.2, 0) is 0 Å². The number of nitrogens with zero attached hydrogens (tertiary/aromatic N) is 1. The Labute approximate surface area is 128 Å². The molecule has 1 heterocycles. The van der Waals surface area contributed by atoms with Crippen molar-refractivity contribution >= 4 is 6.03 Å². The average Bonchev–Trinajstić information content (AvgIpc) is 2.37. The van der Waals surface area contributed by atoms with Crippen molar-refractivity contribution in [2.24, 2.45) is 10.8 Å². The van der Waals surface area contributed by atoms with Crippen molar-refractivity contribution in [3.05, 3.63) is 0 Å². The first-order valence-corrected chi connectivity index (χ1v) is 8.07. The summed E-state index contributed by atoms with van der Waals surface area (Å²) in [6.07, 6.45) is 2.76. The number of likely N-dealkylation sites (tertiary alicyclic amines) is 1. The van der Waals surface area contributed by atoms with Crippen LogP contribution in [-0.4, -0.2) is 54.4 Å². The number of aliphatic hydroxyl groups excluding tert-OH is 1. The third-order valence-electron chi connectivity index (χ3n) is 5.74. The predicted octanol–water partition coefficient (Wildman–Crippen LogP) is 1.57. The Kier molecular flexibility index (Phi) is 4.54. The SMILES string of the molecule is CN1CCCC(C)(C)C1CNC(=O)NC1CC(O)C1(C)C. The first-order chi connectivity index (χ1) is 9.64. The van der Waals surface area contributed by atoms with E-state index in [1.807, 2.05) is 13.8 Å². The Morgan fingerprint density at radius 3 is 2.52 bits per heavy atom. The van der Waals surface area contributed by atoms with Crippen LogP contribution in [0, 0.1) is 10.8 Å². The number of carbonyl (C=O) groups is 1. The van der Waals surface area contributed by atoms with Crippen molar-refractivity contribution in [2.45, 2.75) is 65.1 Å². The standard InChI is InChI=1S/C16H31N3O2/c1-15(2)7-6-8-19(5)12(15)10-17-14(21)18-11-9-13(20)16(11,3)4/h11-13,20H,6-10H2,1-5H3,(H2,17,18,21). The first-order valence-electron chi connectivity index (χ1n) is 8.07. The molecule has 1 saturated carbocycles. The molecule has 2 aliphatic rings. The maximum atomic E-state index is 12.1. The number of nitrogens with one attached hydrogen (secondary N) is 2. The molecular weight excluding hydrogens is 266 g/mol. The summed E-state index contributed by atoms with van der Waals surface area (Å²) in [4.78, 5) is 14.4.